The summed E-state index contributed by atoms with van der Waals surface area (Å²) in [6, 6.07) is 8.59. The number of imidazole rings is 1. The molecule has 0 unspecified atom stereocenters. The summed E-state index contributed by atoms with van der Waals surface area (Å²) >= 11 is 0. The number of nitrogens with zero attached hydrogens (tertiary/aromatic N) is 3. The number of aromatic nitrogens is 2. The zero-order valence-corrected chi connectivity index (χ0v) is 16.1. The molecule has 0 aliphatic carbocycles. The highest BCUT2D eigenvalue weighted by molar-refractivity contribution is 5.90. The van der Waals surface area contributed by atoms with Crippen molar-refractivity contribution in [2.75, 3.05) is 20.1 Å². The fourth-order valence-corrected chi connectivity index (χ4v) is 3.61. The molecule has 0 radical (unpaired) electrons. The van der Waals surface area contributed by atoms with E-state index < -0.39 is 0 Å². The molecule has 27 heavy (non-hydrogen) atoms. The second kappa shape index (κ2) is 8.84. The van der Waals surface area contributed by atoms with Crippen molar-refractivity contribution in [2.24, 2.45) is 13.0 Å². The van der Waals surface area contributed by atoms with E-state index in [0.29, 0.717) is 18.2 Å². The first kappa shape index (κ1) is 19.1. The second-order valence-corrected chi connectivity index (χ2v) is 7.29. The van der Waals surface area contributed by atoms with Crippen molar-refractivity contribution in [3.05, 3.63) is 53.6 Å². The van der Waals surface area contributed by atoms with Crippen molar-refractivity contribution in [1.29, 1.82) is 0 Å². The van der Waals surface area contributed by atoms with Gasteiger partial charge in [0.25, 0.3) is 5.91 Å². The number of hydrogen-bond acceptors (Lipinski definition) is 3. The smallest absolute Gasteiger partial charge is 0.289 e. The molecule has 6 nitrogen and oxygen atoms in total. The molecule has 2 aromatic rings. The van der Waals surface area contributed by atoms with Gasteiger partial charge in [-0.15, -0.1) is 0 Å². The van der Waals surface area contributed by atoms with Gasteiger partial charge in [0.15, 0.2) is 5.82 Å². The molecular formula is C21H28N4O2. The van der Waals surface area contributed by atoms with Crippen LogP contribution in [0.25, 0.3) is 0 Å². The topological polar surface area (TPSA) is 67.2 Å². The van der Waals surface area contributed by atoms with Gasteiger partial charge in [0.05, 0.1) is 0 Å². The van der Waals surface area contributed by atoms with Crippen LogP contribution in [0.2, 0.25) is 0 Å². The molecule has 1 aliphatic rings. The van der Waals surface area contributed by atoms with Gasteiger partial charge in [-0.1, -0.05) is 24.3 Å². The van der Waals surface area contributed by atoms with Crippen LogP contribution in [0.3, 0.4) is 0 Å². The SMILES string of the molecule is CNC(=O)CCc1ccc(CC2CCN(C(=O)c3nccn3C)CC2)cc1. The first-order valence-corrected chi connectivity index (χ1v) is 9.62. The summed E-state index contributed by atoms with van der Waals surface area (Å²) in [5, 5.41) is 2.65. The molecule has 1 aromatic carbocycles. The molecule has 1 N–H and O–H groups in total. The highest BCUT2D eigenvalue weighted by atomic mass is 16.2. The van der Waals surface area contributed by atoms with Crippen molar-refractivity contribution in [2.45, 2.75) is 32.1 Å². The molecular weight excluding hydrogens is 340 g/mol. The van der Waals surface area contributed by atoms with Crippen molar-refractivity contribution >= 4 is 11.8 Å². The molecule has 0 bridgehead atoms. The molecule has 0 atom stereocenters. The Balaban J connectivity index is 1.47. The molecule has 2 amide bonds. The number of nitrogens with one attached hydrogen (secondary N) is 1. The van der Waals surface area contributed by atoms with Crippen molar-refractivity contribution in [3.63, 3.8) is 0 Å². The van der Waals surface area contributed by atoms with Crippen LogP contribution in [0.1, 0.15) is 41.0 Å². The first-order chi connectivity index (χ1) is 13.1. The number of piperidine rings is 1. The monoisotopic (exact) mass is 368 g/mol. The standard InChI is InChI=1S/C21H28N4O2/c1-22-19(26)8-7-16-3-5-17(6-4-16)15-18-9-12-25(13-10-18)21(27)20-23-11-14-24(20)2/h3-6,11,14,18H,7-10,12-13,15H2,1-2H3,(H,22,26). The molecule has 1 fully saturated rings. The van der Waals surface area contributed by atoms with E-state index in [1.807, 2.05) is 11.9 Å². The maximum absolute atomic E-state index is 12.5. The Bertz CT molecular complexity index is 774. The van der Waals surface area contributed by atoms with Gasteiger partial charge < -0.3 is 14.8 Å². The Morgan fingerprint density at radius 2 is 1.81 bits per heavy atom. The lowest BCUT2D eigenvalue weighted by molar-refractivity contribution is -0.120. The number of likely N-dealkylation sites (tertiary alicyclic amines) is 1. The van der Waals surface area contributed by atoms with Gasteiger partial charge in [-0.05, 0) is 42.7 Å². The summed E-state index contributed by atoms with van der Waals surface area (Å²) in [6.07, 6.45) is 7.85. The van der Waals surface area contributed by atoms with Gasteiger partial charge in [0, 0.05) is 46.0 Å². The lowest BCUT2D eigenvalue weighted by Crippen LogP contribution is -2.39. The average molecular weight is 368 g/mol. The largest absolute Gasteiger partial charge is 0.359 e. The van der Waals surface area contributed by atoms with Crippen molar-refractivity contribution in [1.82, 2.24) is 19.8 Å². The van der Waals surface area contributed by atoms with Crippen LogP contribution < -0.4 is 5.32 Å². The van der Waals surface area contributed by atoms with Crippen LogP contribution in [-0.4, -0.2) is 46.4 Å². The van der Waals surface area contributed by atoms with Gasteiger partial charge in [-0.25, -0.2) is 4.98 Å². The molecule has 0 spiro atoms. The minimum absolute atomic E-state index is 0.0291. The van der Waals surface area contributed by atoms with Crippen LogP contribution in [0.15, 0.2) is 36.7 Å². The average Bonchev–Trinajstić information content (AvgIpc) is 3.13. The molecule has 1 saturated heterocycles. The normalized spacial score (nSPS) is 15.0. The zero-order valence-electron chi connectivity index (χ0n) is 16.1. The van der Waals surface area contributed by atoms with Crippen LogP contribution in [0.5, 0.6) is 0 Å². The van der Waals surface area contributed by atoms with E-state index >= 15 is 0 Å². The van der Waals surface area contributed by atoms with Crippen LogP contribution >= 0.6 is 0 Å². The predicted octanol–water partition coefficient (Wildman–Crippen LogP) is 2.19. The number of carbonyl (C=O) groups excluding carboxylic acids is 2. The molecule has 144 valence electrons. The first-order valence-electron chi connectivity index (χ1n) is 9.62. The maximum atomic E-state index is 12.5. The summed E-state index contributed by atoms with van der Waals surface area (Å²) in [7, 11) is 3.52. The third kappa shape index (κ3) is 4.96. The number of benzene rings is 1. The molecule has 6 heteroatoms. The van der Waals surface area contributed by atoms with E-state index in [2.05, 4.69) is 34.6 Å². The van der Waals surface area contributed by atoms with Crippen LogP contribution in [0.4, 0.5) is 0 Å². The Kier molecular flexibility index (Phi) is 6.27. The van der Waals surface area contributed by atoms with Gasteiger partial charge >= 0.3 is 0 Å². The van der Waals surface area contributed by atoms with Crippen molar-refractivity contribution in [3.8, 4) is 0 Å². The lowest BCUT2D eigenvalue weighted by Gasteiger charge is -2.31. The van der Waals surface area contributed by atoms with Gasteiger partial charge in [-0.2, -0.15) is 0 Å². The maximum Gasteiger partial charge on any atom is 0.289 e. The summed E-state index contributed by atoms with van der Waals surface area (Å²) in [4.78, 5) is 29.9. The minimum Gasteiger partial charge on any atom is -0.359 e. The van der Waals surface area contributed by atoms with Crippen LogP contribution in [0, 0.1) is 5.92 Å². The Hall–Kier alpha value is -2.63. The molecule has 1 aliphatic heterocycles. The second-order valence-electron chi connectivity index (χ2n) is 7.29. The fraction of sp³-hybridized carbons (Fsp3) is 0.476. The third-order valence-corrected chi connectivity index (χ3v) is 5.38. The summed E-state index contributed by atoms with van der Waals surface area (Å²) in [6.45, 7) is 1.58. The molecule has 0 saturated carbocycles. The van der Waals surface area contributed by atoms with E-state index in [1.54, 1.807) is 24.0 Å². The summed E-state index contributed by atoms with van der Waals surface area (Å²) < 4.78 is 1.78. The number of amides is 2. The third-order valence-electron chi connectivity index (χ3n) is 5.38. The van der Waals surface area contributed by atoms with E-state index in [1.165, 1.54) is 11.1 Å². The highest BCUT2D eigenvalue weighted by Gasteiger charge is 2.25. The summed E-state index contributed by atoms with van der Waals surface area (Å²) in [5.41, 5.74) is 2.52. The molecule has 2 heterocycles. The number of aryl methyl sites for hydroxylation is 2. The molecule has 3 rings (SSSR count). The van der Waals surface area contributed by atoms with Crippen LogP contribution in [-0.2, 0) is 24.7 Å². The lowest BCUT2D eigenvalue weighted by atomic mass is 9.89. The van der Waals surface area contributed by atoms with Gasteiger partial charge in [0.2, 0.25) is 5.91 Å². The number of hydrogen-bond donors (Lipinski definition) is 1. The quantitative estimate of drug-likeness (QED) is 0.850. The van der Waals surface area contributed by atoms with E-state index in [0.717, 1.165) is 38.8 Å². The summed E-state index contributed by atoms with van der Waals surface area (Å²) in [5.74, 6) is 1.22. The Labute approximate surface area is 160 Å². The Morgan fingerprint density at radius 3 is 2.41 bits per heavy atom. The van der Waals surface area contributed by atoms with Gasteiger partial charge in [-0.3, -0.25) is 9.59 Å². The van der Waals surface area contributed by atoms with Gasteiger partial charge in [0.1, 0.15) is 0 Å². The van der Waals surface area contributed by atoms with E-state index in [-0.39, 0.29) is 11.8 Å². The van der Waals surface area contributed by atoms with E-state index in [9.17, 15) is 9.59 Å². The fourth-order valence-electron chi connectivity index (χ4n) is 3.61. The molecule has 1 aromatic heterocycles. The minimum atomic E-state index is 0.0291. The predicted molar refractivity (Wildman–Crippen MR) is 104 cm³/mol. The van der Waals surface area contributed by atoms with Crippen molar-refractivity contribution < 1.29 is 9.59 Å². The van der Waals surface area contributed by atoms with E-state index in [4.69, 9.17) is 0 Å². The zero-order chi connectivity index (χ0) is 19.2. The number of carbonyl (C=O) groups is 2. The Morgan fingerprint density at radius 1 is 1.15 bits per heavy atom. The number of rotatable bonds is 6. The highest BCUT2D eigenvalue weighted by Crippen LogP contribution is 2.23.